The average molecular weight is 213 g/mol. The van der Waals surface area contributed by atoms with Gasteiger partial charge >= 0.3 is 5.97 Å². The molecule has 1 rings (SSSR count). The number of rotatable bonds is 5. The van der Waals surface area contributed by atoms with E-state index in [1.54, 1.807) is 0 Å². The summed E-state index contributed by atoms with van der Waals surface area (Å²) in [5.41, 5.74) is 0. The van der Waals surface area contributed by atoms with Crippen molar-refractivity contribution < 1.29 is 19.4 Å². The Balaban J connectivity index is 2.45. The van der Waals surface area contributed by atoms with E-state index in [-0.39, 0.29) is 12.3 Å². The monoisotopic (exact) mass is 213 g/mol. The third-order valence-electron chi connectivity index (χ3n) is 2.24. The molecule has 15 heavy (non-hydrogen) atoms. The van der Waals surface area contributed by atoms with Crippen molar-refractivity contribution in [1.82, 2.24) is 5.32 Å². The quantitative estimate of drug-likeness (QED) is 0.644. The number of ether oxygens (including phenoxy) is 1. The first-order valence-corrected chi connectivity index (χ1v) is 4.91. The fourth-order valence-corrected chi connectivity index (χ4v) is 1.44. The number of aliphatic carboxylic acids is 1. The zero-order chi connectivity index (χ0) is 11.3. The molecule has 0 bridgehead atoms. The molecule has 0 aliphatic carbocycles. The number of carboxylic acids is 1. The van der Waals surface area contributed by atoms with Crippen LogP contribution in [0.2, 0.25) is 0 Å². The normalized spacial score (nSPS) is 22.0. The molecule has 84 valence electrons. The van der Waals surface area contributed by atoms with Crippen molar-refractivity contribution in [2.45, 2.75) is 31.4 Å². The van der Waals surface area contributed by atoms with Gasteiger partial charge in [-0.25, -0.2) is 4.79 Å². The molecular formula is C10H15NO4. The summed E-state index contributed by atoms with van der Waals surface area (Å²) in [6, 6.07) is -0.904. The van der Waals surface area contributed by atoms with Gasteiger partial charge in [0.05, 0.1) is 0 Å². The van der Waals surface area contributed by atoms with Crippen LogP contribution in [0.3, 0.4) is 0 Å². The van der Waals surface area contributed by atoms with Gasteiger partial charge in [0.2, 0.25) is 5.91 Å². The Labute approximate surface area is 88.1 Å². The van der Waals surface area contributed by atoms with Crippen LogP contribution in [0.25, 0.3) is 0 Å². The maximum Gasteiger partial charge on any atom is 0.326 e. The highest BCUT2D eigenvalue weighted by molar-refractivity contribution is 5.86. The number of nitrogens with one attached hydrogen (secondary N) is 1. The second-order valence-corrected chi connectivity index (χ2v) is 3.43. The number of carboxylic acid groups (broad SMARTS) is 1. The first-order chi connectivity index (χ1) is 7.15. The van der Waals surface area contributed by atoms with E-state index >= 15 is 0 Å². The van der Waals surface area contributed by atoms with E-state index in [9.17, 15) is 9.59 Å². The van der Waals surface area contributed by atoms with Gasteiger partial charge in [-0.15, -0.1) is 6.58 Å². The van der Waals surface area contributed by atoms with E-state index in [1.165, 1.54) is 6.08 Å². The molecule has 0 unspecified atom stereocenters. The van der Waals surface area contributed by atoms with Gasteiger partial charge in [0.15, 0.2) is 0 Å². The fraction of sp³-hybridized carbons (Fsp3) is 0.600. The molecule has 1 saturated heterocycles. The Morgan fingerprint density at radius 1 is 1.67 bits per heavy atom. The van der Waals surface area contributed by atoms with Gasteiger partial charge in [0.1, 0.15) is 12.1 Å². The van der Waals surface area contributed by atoms with Crippen molar-refractivity contribution in [2.75, 3.05) is 6.61 Å². The van der Waals surface area contributed by atoms with Crippen molar-refractivity contribution in [1.29, 1.82) is 0 Å². The summed E-state index contributed by atoms with van der Waals surface area (Å²) in [7, 11) is 0. The van der Waals surface area contributed by atoms with Crippen LogP contribution in [0.1, 0.15) is 19.3 Å². The van der Waals surface area contributed by atoms with Crippen molar-refractivity contribution in [2.24, 2.45) is 0 Å². The summed E-state index contributed by atoms with van der Waals surface area (Å²) in [6.45, 7) is 4.01. The molecular weight excluding hydrogens is 198 g/mol. The molecule has 0 spiro atoms. The molecule has 2 N–H and O–H groups in total. The van der Waals surface area contributed by atoms with E-state index in [1.807, 2.05) is 0 Å². The third-order valence-corrected chi connectivity index (χ3v) is 2.24. The largest absolute Gasteiger partial charge is 0.480 e. The molecule has 1 aliphatic heterocycles. The smallest absolute Gasteiger partial charge is 0.326 e. The molecule has 1 aliphatic rings. The average Bonchev–Trinajstić information content (AvgIpc) is 2.69. The highest BCUT2D eigenvalue weighted by Crippen LogP contribution is 2.12. The van der Waals surface area contributed by atoms with Gasteiger partial charge in [-0.2, -0.15) is 0 Å². The van der Waals surface area contributed by atoms with Crippen LogP contribution < -0.4 is 5.32 Å². The number of carbonyl (C=O) groups excluding carboxylic acids is 1. The lowest BCUT2D eigenvalue weighted by Crippen LogP contribution is -2.45. The minimum atomic E-state index is -1.05. The maximum absolute atomic E-state index is 11.5. The Hall–Kier alpha value is -1.36. The second-order valence-electron chi connectivity index (χ2n) is 3.43. The number of hydrogen-bond donors (Lipinski definition) is 2. The summed E-state index contributed by atoms with van der Waals surface area (Å²) in [4.78, 5) is 22.2. The Bertz CT molecular complexity index is 258. The van der Waals surface area contributed by atoms with Gasteiger partial charge in [0.25, 0.3) is 0 Å². The zero-order valence-corrected chi connectivity index (χ0v) is 8.44. The lowest BCUT2D eigenvalue weighted by molar-refractivity contribution is -0.143. The standard InChI is InChI=1S/C10H15NO4/c1-2-4-7(10(13)14)11-9(12)8-5-3-6-15-8/h2,7-8H,1,3-6H2,(H,11,12)(H,13,14)/t7-,8+/m0/s1. The maximum atomic E-state index is 11.5. The van der Waals surface area contributed by atoms with E-state index < -0.39 is 18.1 Å². The summed E-state index contributed by atoms with van der Waals surface area (Å²) in [5.74, 6) is -1.40. The molecule has 5 nitrogen and oxygen atoms in total. The summed E-state index contributed by atoms with van der Waals surface area (Å²) >= 11 is 0. The lowest BCUT2D eigenvalue weighted by Gasteiger charge is -2.15. The predicted octanol–water partition coefficient (Wildman–Crippen LogP) is 0.311. The second kappa shape index (κ2) is 5.50. The van der Waals surface area contributed by atoms with Crippen LogP contribution >= 0.6 is 0 Å². The van der Waals surface area contributed by atoms with E-state index in [0.717, 1.165) is 6.42 Å². The van der Waals surface area contributed by atoms with Crippen LogP contribution in [0, 0.1) is 0 Å². The number of hydrogen-bond acceptors (Lipinski definition) is 3. The topological polar surface area (TPSA) is 75.6 Å². The summed E-state index contributed by atoms with van der Waals surface area (Å²) in [5, 5.41) is 11.2. The van der Waals surface area contributed by atoms with Crippen molar-refractivity contribution in [3.05, 3.63) is 12.7 Å². The van der Waals surface area contributed by atoms with Gasteiger partial charge in [-0.1, -0.05) is 6.08 Å². The minimum absolute atomic E-state index is 0.216. The van der Waals surface area contributed by atoms with Crippen LogP contribution in [-0.2, 0) is 14.3 Å². The lowest BCUT2D eigenvalue weighted by atomic mass is 10.1. The van der Waals surface area contributed by atoms with Gasteiger partial charge in [-0.05, 0) is 19.3 Å². The molecule has 2 atom stereocenters. The minimum Gasteiger partial charge on any atom is -0.480 e. The molecule has 0 aromatic rings. The molecule has 0 radical (unpaired) electrons. The van der Waals surface area contributed by atoms with Gasteiger partial charge in [-0.3, -0.25) is 4.79 Å². The summed E-state index contributed by atoms with van der Waals surface area (Å²) in [6.07, 6.45) is 2.70. The molecule has 0 aromatic heterocycles. The molecule has 1 fully saturated rings. The number of carbonyl (C=O) groups is 2. The highest BCUT2D eigenvalue weighted by atomic mass is 16.5. The van der Waals surface area contributed by atoms with Crippen LogP contribution in [-0.4, -0.2) is 35.7 Å². The van der Waals surface area contributed by atoms with Crippen LogP contribution in [0.15, 0.2) is 12.7 Å². The van der Waals surface area contributed by atoms with E-state index in [0.29, 0.717) is 13.0 Å². The Kier molecular flexibility index (Phi) is 4.30. The fourth-order valence-electron chi connectivity index (χ4n) is 1.44. The third kappa shape index (κ3) is 3.36. The molecule has 1 amide bonds. The number of amides is 1. The molecule has 5 heteroatoms. The Morgan fingerprint density at radius 3 is 2.87 bits per heavy atom. The molecule has 0 aromatic carbocycles. The van der Waals surface area contributed by atoms with E-state index in [2.05, 4.69) is 11.9 Å². The van der Waals surface area contributed by atoms with Crippen molar-refractivity contribution in [3.63, 3.8) is 0 Å². The van der Waals surface area contributed by atoms with Gasteiger partial charge < -0.3 is 15.2 Å². The van der Waals surface area contributed by atoms with Crippen LogP contribution in [0.5, 0.6) is 0 Å². The first kappa shape index (κ1) is 11.7. The predicted molar refractivity (Wildman–Crippen MR) is 53.4 cm³/mol. The van der Waals surface area contributed by atoms with E-state index in [4.69, 9.17) is 9.84 Å². The summed E-state index contributed by atoms with van der Waals surface area (Å²) < 4.78 is 5.14. The van der Waals surface area contributed by atoms with Gasteiger partial charge in [0, 0.05) is 6.61 Å². The highest BCUT2D eigenvalue weighted by Gasteiger charge is 2.27. The SMILES string of the molecule is C=CC[C@H](NC(=O)[C@H]1CCCO1)C(=O)O. The Morgan fingerprint density at radius 2 is 2.40 bits per heavy atom. The van der Waals surface area contributed by atoms with Crippen molar-refractivity contribution in [3.8, 4) is 0 Å². The van der Waals surface area contributed by atoms with Crippen LogP contribution in [0.4, 0.5) is 0 Å². The van der Waals surface area contributed by atoms with Crippen molar-refractivity contribution >= 4 is 11.9 Å². The zero-order valence-electron chi connectivity index (χ0n) is 8.44. The molecule has 1 heterocycles. The molecule has 0 saturated carbocycles. The first-order valence-electron chi connectivity index (χ1n) is 4.91.